The summed E-state index contributed by atoms with van der Waals surface area (Å²) in [7, 11) is 0. The number of anilines is 1. The summed E-state index contributed by atoms with van der Waals surface area (Å²) in [6, 6.07) is 0.833. The van der Waals surface area contributed by atoms with Crippen LogP contribution < -0.4 is 5.32 Å². The normalized spacial score (nSPS) is 24.2. The predicted octanol–water partition coefficient (Wildman–Crippen LogP) is 3.08. The standard InChI is InChI=1S/C19H23F3N4O3/c1-11(27)29-15-10-28-7-4-13(15)24-17-23-9-14-12(20)8-16(26(14)25-17)19(5-3-6-19)18(2,21)22/h8-9,13,15H,3-7,10H2,1-2H3,(H,24,25). The molecular formula is C19H23F3N4O3. The molecule has 2 aromatic rings. The van der Waals surface area contributed by atoms with Crippen LogP contribution in [-0.2, 0) is 19.7 Å². The van der Waals surface area contributed by atoms with Crippen LogP contribution in [0.3, 0.4) is 0 Å². The molecule has 0 aromatic carbocycles. The van der Waals surface area contributed by atoms with Crippen molar-refractivity contribution in [1.82, 2.24) is 14.6 Å². The summed E-state index contributed by atoms with van der Waals surface area (Å²) in [5.74, 6) is -3.93. The summed E-state index contributed by atoms with van der Waals surface area (Å²) in [5.41, 5.74) is -1.24. The van der Waals surface area contributed by atoms with Crippen LogP contribution in [-0.4, -0.2) is 51.8 Å². The number of halogens is 3. The van der Waals surface area contributed by atoms with Gasteiger partial charge in [0.05, 0.1) is 30.0 Å². The molecule has 0 amide bonds. The number of hydrogen-bond acceptors (Lipinski definition) is 6. The molecule has 2 unspecified atom stereocenters. The van der Waals surface area contributed by atoms with Crippen molar-refractivity contribution < 1.29 is 27.4 Å². The number of esters is 1. The summed E-state index contributed by atoms with van der Waals surface area (Å²) in [6.45, 7) is 2.88. The van der Waals surface area contributed by atoms with Crippen LogP contribution in [0.5, 0.6) is 0 Å². The smallest absolute Gasteiger partial charge is 0.303 e. The van der Waals surface area contributed by atoms with Crippen molar-refractivity contribution in [1.29, 1.82) is 0 Å². The zero-order chi connectivity index (χ0) is 20.8. The van der Waals surface area contributed by atoms with Crippen LogP contribution in [0.2, 0.25) is 0 Å². The lowest BCUT2D eigenvalue weighted by Gasteiger charge is -2.45. The van der Waals surface area contributed by atoms with Gasteiger partial charge in [0.1, 0.15) is 11.6 Å². The summed E-state index contributed by atoms with van der Waals surface area (Å²) >= 11 is 0. The SMILES string of the molecule is CC(=O)OC1COCCC1Nc1ncc2c(F)cc(C3(C(C)(F)F)CCC3)n2n1. The molecule has 2 aromatic heterocycles. The Labute approximate surface area is 165 Å². The summed E-state index contributed by atoms with van der Waals surface area (Å²) in [5, 5.41) is 7.39. The first-order valence-corrected chi connectivity index (χ1v) is 9.65. The average molecular weight is 412 g/mol. The van der Waals surface area contributed by atoms with E-state index in [0.717, 1.165) is 13.0 Å². The summed E-state index contributed by atoms with van der Waals surface area (Å²) in [6.07, 6.45) is 2.48. The van der Waals surface area contributed by atoms with E-state index in [1.165, 1.54) is 17.6 Å². The lowest BCUT2D eigenvalue weighted by Crippen LogP contribution is -2.49. The summed E-state index contributed by atoms with van der Waals surface area (Å²) in [4.78, 5) is 15.4. The molecule has 4 rings (SSSR count). The molecule has 2 aliphatic rings. The van der Waals surface area contributed by atoms with Crippen molar-refractivity contribution in [2.75, 3.05) is 18.5 Å². The molecule has 7 nitrogen and oxygen atoms in total. The highest BCUT2D eigenvalue weighted by Gasteiger charge is 2.57. The van der Waals surface area contributed by atoms with Crippen LogP contribution in [0.1, 0.15) is 45.2 Å². The molecule has 0 radical (unpaired) electrons. The van der Waals surface area contributed by atoms with Crippen molar-refractivity contribution in [2.45, 2.75) is 63.0 Å². The molecule has 2 atom stereocenters. The third kappa shape index (κ3) is 3.43. The van der Waals surface area contributed by atoms with Crippen molar-refractivity contribution >= 4 is 17.4 Å². The minimum Gasteiger partial charge on any atom is -0.458 e. The van der Waals surface area contributed by atoms with Gasteiger partial charge in [-0.25, -0.2) is 22.7 Å². The van der Waals surface area contributed by atoms with Gasteiger partial charge in [-0.15, -0.1) is 5.10 Å². The first-order chi connectivity index (χ1) is 13.7. The zero-order valence-corrected chi connectivity index (χ0v) is 16.3. The van der Waals surface area contributed by atoms with E-state index >= 15 is 0 Å². The maximum atomic E-state index is 14.4. The average Bonchev–Trinajstić information content (AvgIpc) is 2.90. The summed E-state index contributed by atoms with van der Waals surface area (Å²) < 4.78 is 55.2. The Bertz CT molecular complexity index is 923. The van der Waals surface area contributed by atoms with E-state index in [9.17, 15) is 18.0 Å². The third-order valence-electron chi connectivity index (χ3n) is 5.94. The number of rotatable bonds is 5. The molecule has 158 valence electrons. The van der Waals surface area contributed by atoms with Gasteiger partial charge in [-0.1, -0.05) is 6.42 Å². The highest BCUT2D eigenvalue weighted by atomic mass is 19.3. The largest absolute Gasteiger partial charge is 0.458 e. The van der Waals surface area contributed by atoms with Crippen molar-refractivity contribution in [3.05, 3.63) is 23.8 Å². The van der Waals surface area contributed by atoms with E-state index in [-0.39, 0.29) is 42.6 Å². The second kappa shape index (κ2) is 7.16. The highest BCUT2D eigenvalue weighted by Crippen LogP contribution is 2.54. The van der Waals surface area contributed by atoms with Gasteiger partial charge < -0.3 is 14.8 Å². The molecular weight excluding hydrogens is 389 g/mol. The Morgan fingerprint density at radius 2 is 2.21 bits per heavy atom. The second-order valence-corrected chi connectivity index (χ2v) is 7.84. The Balaban J connectivity index is 1.68. The number of hydrogen-bond donors (Lipinski definition) is 1. The number of nitrogens with one attached hydrogen (secondary N) is 1. The van der Waals surface area contributed by atoms with Crippen LogP contribution in [0.4, 0.5) is 19.1 Å². The molecule has 0 bridgehead atoms. The van der Waals surface area contributed by atoms with Gasteiger partial charge in [-0.05, 0) is 25.3 Å². The zero-order valence-electron chi connectivity index (χ0n) is 16.3. The number of fused-ring (bicyclic) bond motifs is 1. The van der Waals surface area contributed by atoms with Gasteiger partial charge in [0.25, 0.3) is 5.92 Å². The first kappa shape index (κ1) is 19.9. The van der Waals surface area contributed by atoms with E-state index in [1.807, 2.05) is 0 Å². The minimum absolute atomic E-state index is 0.0459. The molecule has 1 N–H and O–H groups in total. The van der Waals surface area contributed by atoms with Gasteiger partial charge in [-0.3, -0.25) is 4.79 Å². The van der Waals surface area contributed by atoms with Gasteiger partial charge in [-0.2, -0.15) is 0 Å². The molecule has 2 fully saturated rings. The van der Waals surface area contributed by atoms with E-state index in [1.54, 1.807) is 0 Å². The fourth-order valence-electron chi connectivity index (χ4n) is 4.18. The van der Waals surface area contributed by atoms with Crippen molar-refractivity contribution in [2.24, 2.45) is 0 Å². The minimum atomic E-state index is -3.01. The third-order valence-corrected chi connectivity index (χ3v) is 5.94. The molecule has 0 spiro atoms. The molecule has 10 heteroatoms. The van der Waals surface area contributed by atoms with Crippen molar-refractivity contribution in [3.8, 4) is 0 Å². The van der Waals surface area contributed by atoms with Gasteiger partial charge >= 0.3 is 5.97 Å². The Hall–Kier alpha value is -2.36. The number of aromatic nitrogens is 3. The molecule has 29 heavy (non-hydrogen) atoms. The molecule has 3 heterocycles. The Kier molecular flexibility index (Phi) is 4.92. The van der Waals surface area contributed by atoms with Gasteiger partial charge in [0.2, 0.25) is 5.95 Å². The number of alkyl halides is 2. The second-order valence-electron chi connectivity index (χ2n) is 7.84. The Morgan fingerprint density at radius 1 is 1.45 bits per heavy atom. The van der Waals surface area contributed by atoms with Crippen LogP contribution in [0.15, 0.2) is 12.3 Å². The maximum absolute atomic E-state index is 14.4. The van der Waals surface area contributed by atoms with E-state index < -0.39 is 29.2 Å². The fourth-order valence-corrected chi connectivity index (χ4v) is 4.18. The van der Waals surface area contributed by atoms with E-state index in [2.05, 4.69) is 15.4 Å². The van der Waals surface area contributed by atoms with Gasteiger partial charge in [0.15, 0.2) is 5.82 Å². The van der Waals surface area contributed by atoms with Crippen LogP contribution >= 0.6 is 0 Å². The number of carbonyl (C=O) groups excluding carboxylic acids is 1. The topological polar surface area (TPSA) is 77.8 Å². The van der Waals surface area contributed by atoms with Gasteiger partial charge in [0, 0.05) is 20.5 Å². The number of nitrogens with zero attached hydrogens (tertiary/aromatic N) is 3. The molecule has 1 saturated carbocycles. The quantitative estimate of drug-likeness (QED) is 0.761. The van der Waals surface area contributed by atoms with E-state index in [0.29, 0.717) is 19.4 Å². The fraction of sp³-hybridized carbons (Fsp3) is 0.632. The first-order valence-electron chi connectivity index (χ1n) is 9.65. The van der Waals surface area contributed by atoms with Crippen molar-refractivity contribution in [3.63, 3.8) is 0 Å². The lowest BCUT2D eigenvalue weighted by molar-refractivity contribution is -0.153. The highest BCUT2D eigenvalue weighted by molar-refractivity contribution is 5.66. The predicted molar refractivity (Wildman–Crippen MR) is 97.5 cm³/mol. The van der Waals surface area contributed by atoms with Crippen LogP contribution in [0, 0.1) is 5.82 Å². The number of carbonyl (C=O) groups is 1. The lowest BCUT2D eigenvalue weighted by atomic mass is 9.63. The molecule has 1 saturated heterocycles. The molecule has 1 aliphatic carbocycles. The van der Waals surface area contributed by atoms with Crippen LogP contribution in [0.25, 0.3) is 5.52 Å². The molecule has 1 aliphatic heterocycles. The monoisotopic (exact) mass is 412 g/mol. The maximum Gasteiger partial charge on any atom is 0.303 e. The number of ether oxygens (including phenoxy) is 2. The van der Waals surface area contributed by atoms with E-state index in [4.69, 9.17) is 9.47 Å². The Morgan fingerprint density at radius 3 is 2.83 bits per heavy atom.